The van der Waals surface area contributed by atoms with E-state index >= 15 is 0 Å². The number of Topliss-reactive ketones (excluding diaryl/α,β-unsaturated/α-hetero) is 1. The second-order valence-corrected chi connectivity index (χ2v) is 7.28. The van der Waals surface area contributed by atoms with E-state index < -0.39 is 5.97 Å². The number of hydrogen-bond donors (Lipinski definition) is 0. The van der Waals surface area contributed by atoms with Crippen LogP contribution in [-0.4, -0.2) is 42.3 Å². The van der Waals surface area contributed by atoms with Crippen molar-refractivity contribution in [3.05, 3.63) is 58.9 Å². The number of benzene rings is 1. The molecule has 7 heteroatoms. The van der Waals surface area contributed by atoms with Crippen LogP contribution in [0.2, 0.25) is 0 Å². The molecule has 0 saturated carbocycles. The lowest BCUT2D eigenvalue weighted by Crippen LogP contribution is -2.14. The number of carbonyl (C=O) groups is 3. The molecular weight excluding hydrogens is 390 g/mol. The van der Waals surface area contributed by atoms with E-state index in [4.69, 9.17) is 4.74 Å². The predicted molar refractivity (Wildman–Crippen MR) is 113 cm³/mol. The number of aryl methyl sites for hydroxylation is 1. The van der Waals surface area contributed by atoms with Crippen LogP contribution in [0.15, 0.2) is 41.3 Å². The summed E-state index contributed by atoms with van der Waals surface area (Å²) in [6.45, 7) is 3.75. The van der Waals surface area contributed by atoms with Crippen LogP contribution in [0.5, 0.6) is 0 Å². The normalized spacial score (nSPS) is 10.9. The molecule has 1 aromatic heterocycles. The number of ketones is 1. The monoisotopic (exact) mass is 415 g/mol. The molecule has 0 saturated heterocycles. The second kappa shape index (κ2) is 10.7. The van der Waals surface area contributed by atoms with E-state index in [1.54, 1.807) is 30.8 Å². The summed E-state index contributed by atoms with van der Waals surface area (Å²) in [5.74, 6) is -1.17. The van der Waals surface area contributed by atoms with Crippen molar-refractivity contribution >= 4 is 35.6 Å². The van der Waals surface area contributed by atoms with Gasteiger partial charge in [0.1, 0.15) is 0 Å². The molecule has 0 aliphatic rings. The van der Waals surface area contributed by atoms with Gasteiger partial charge >= 0.3 is 11.9 Å². The van der Waals surface area contributed by atoms with E-state index in [2.05, 4.69) is 4.74 Å². The third-order valence-corrected chi connectivity index (χ3v) is 5.26. The standard InChI is InChI=1S/C22H25NO5S/c1-15-13-19(16(2)23(15)12-11-21(25)27-3)20(24)14-28-22(26)10-7-17-5-8-18(29-4)9-6-17/h5-10,13H,11-12,14H2,1-4H3/b10-7+. The first-order valence-electron chi connectivity index (χ1n) is 9.11. The van der Waals surface area contributed by atoms with E-state index in [0.29, 0.717) is 12.1 Å². The van der Waals surface area contributed by atoms with E-state index in [0.717, 1.165) is 21.8 Å². The summed E-state index contributed by atoms with van der Waals surface area (Å²) in [5, 5.41) is 0. The van der Waals surface area contributed by atoms with E-state index in [9.17, 15) is 14.4 Å². The van der Waals surface area contributed by atoms with Gasteiger partial charge in [0.2, 0.25) is 5.78 Å². The number of nitrogens with zero attached hydrogens (tertiary/aromatic N) is 1. The number of rotatable bonds is 9. The first-order valence-corrected chi connectivity index (χ1v) is 10.3. The van der Waals surface area contributed by atoms with Crippen LogP contribution < -0.4 is 0 Å². The number of carbonyl (C=O) groups excluding carboxylic acids is 3. The topological polar surface area (TPSA) is 74.6 Å². The molecule has 6 nitrogen and oxygen atoms in total. The van der Waals surface area contributed by atoms with Gasteiger partial charge in [0.15, 0.2) is 6.61 Å². The fraction of sp³-hybridized carbons (Fsp3) is 0.318. The number of ether oxygens (including phenoxy) is 2. The fourth-order valence-electron chi connectivity index (χ4n) is 2.87. The van der Waals surface area contributed by atoms with Gasteiger partial charge in [-0.25, -0.2) is 4.79 Å². The molecule has 2 aromatic rings. The van der Waals surface area contributed by atoms with Gasteiger partial charge in [-0.15, -0.1) is 11.8 Å². The molecule has 0 unspecified atom stereocenters. The van der Waals surface area contributed by atoms with Gasteiger partial charge in [0, 0.05) is 34.5 Å². The van der Waals surface area contributed by atoms with Gasteiger partial charge in [0.25, 0.3) is 0 Å². The molecule has 0 radical (unpaired) electrons. The lowest BCUT2D eigenvalue weighted by atomic mass is 10.1. The Morgan fingerprint density at radius 3 is 2.45 bits per heavy atom. The fourth-order valence-corrected chi connectivity index (χ4v) is 3.28. The zero-order chi connectivity index (χ0) is 21.4. The van der Waals surface area contributed by atoms with E-state index in [-0.39, 0.29) is 24.8 Å². The van der Waals surface area contributed by atoms with Crippen LogP contribution in [0.1, 0.15) is 33.7 Å². The van der Waals surface area contributed by atoms with Crippen molar-refractivity contribution in [3.63, 3.8) is 0 Å². The molecule has 0 aliphatic heterocycles. The van der Waals surface area contributed by atoms with Gasteiger partial charge < -0.3 is 14.0 Å². The van der Waals surface area contributed by atoms with E-state index in [1.165, 1.54) is 13.2 Å². The van der Waals surface area contributed by atoms with Crippen molar-refractivity contribution in [2.75, 3.05) is 20.0 Å². The molecule has 1 aromatic carbocycles. The molecule has 0 atom stereocenters. The van der Waals surface area contributed by atoms with Gasteiger partial charge in [-0.1, -0.05) is 12.1 Å². The second-order valence-electron chi connectivity index (χ2n) is 6.40. The van der Waals surface area contributed by atoms with Gasteiger partial charge in [-0.05, 0) is 49.9 Å². The highest BCUT2D eigenvalue weighted by Crippen LogP contribution is 2.17. The zero-order valence-electron chi connectivity index (χ0n) is 17.1. The van der Waals surface area contributed by atoms with Gasteiger partial charge in [-0.3, -0.25) is 9.59 Å². The summed E-state index contributed by atoms with van der Waals surface area (Å²) in [6, 6.07) is 9.49. The first kappa shape index (κ1) is 22.5. The van der Waals surface area contributed by atoms with E-state index in [1.807, 2.05) is 42.0 Å². The molecule has 154 valence electrons. The van der Waals surface area contributed by atoms with Crippen LogP contribution in [-0.2, 0) is 25.6 Å². The highest BCUT2D eigenvalue weighted by atomic mass is 32.2. The number of esters is 2. The van der Waals surface area contributed by atoms with Crippen molar-refractivity contribution in [1.82, 2.24) is 4.57 Å². The van der Waals surface area contributed by atoms with Crippen molar-refractivity contribution in [2.45, 2.75) is 31.7 Å². The Morgan fingerprint density at radius 2 is 1.83 bits per heavy atom. The molecule has 2 rings (SSSR count). The highest BCUT2D eigenvalue weighted by molar-refractivity contribution is 7.98. The smallest absolute Gasteiger partial charge is 0.331 e. The number of thioether (sulfide) groups is 1. The van der Waals surface area contributed by atoms with Crippen molar-refractivity contribution < 1.29 is 23.9 Å². The molecule has 0 aliphatic carbocycles. The molecule has 0 bridgehead atoms. The number of aromatic nitrogens is 1. The molecule has 0 amide bonds. The van der Waals surface area contributed by atoms with Crippen LogP contribution in [0.4, 0.5) is 0 Å². The Morgan fingerprint density at radius 1 is 1.14 bits per heavy atom. The number of methoxy groups -OCH3 is 1. The van der Waals surface area contributed by atoms with Crippen molar-refractivity contribution in [3.8, 4) is 0 Å². The zero-order valence-corrected chi connectivity index (χ0v) is 17.9. The Hall–Kier alpha value is -2.80. The Balaban J connectivity index is 1.93. The molecule has 0 N–H and O–H groups in total. The number of hydrogen-bond acceptors (Lipinski definition) is 6. The summed E-state index contributed by atoms with van der Waals surface area (Å²) >= 11 is 1.64. The quantitative estimate of drug-likeness (QED) is 0.268. The van der Waals surface area contributed by atoms with Crippen LogP contribution in [0.3, 0.4) is 0 Å². The molecule has 1 heterocycles. The van der Waals surface area contributed by atoms with Crippen molar-refractivity contribution in [2.24, 2.45) is 0 Å². The lowest BCUT2D eigenvalue weighted by molar-refractivity contribution is -0.141. The average Bonchev–Trinajstić information content (AvgIpc) is 3.02. The highest BCUT2D eigenvalue weighted by Gasteiger charge is 2.17. The Kier molecular flexibility index (Phi) is 8.27. The molecular formula is C22H25NO5S. The van der Waals surface area contributed by atoms with Gasteiger partial charge in [0.05, 0.1) is 13.5 Å². The third kappa shape index (κ3) is 6.35. The van der Waals surface area contributed by atoms with Crippen LogP contribution in [0, 0.1) is 13.8 Å². The first-order chi connectivity index (χ1) is 13.8. The summed E-state index contributed by atoms with van der Waals surface area (Å²) in [6.07, 6.45) is 5.17. The average molecular weight is 416 g/mol. The largest absolute Gasteiger partial charge is 0.469 e. The van der Waals surface area contributed by atoms with Crippen LogP contribution in [0.25, 0.3) is 6.08 Å². The Bertz CT molecular complexity index is 912. The Labute approximate surface area is 174 Å². The summed E-state index contributed by atoms with van der Waals surface area (Å²) in [5.41, 5.74) is 2.95. The summed E-state index contributed by atoms with van der Waals surface area (Å²) in [4.78, 5) is 36.9. The summed E-state index contributed by atoms with van der Waals surface area (Å²) in [7, 11) is 1.34. The van der Waals surface area contributed by atoms with Gasteiger partial charge in [-0.2, -0.15) is 0 Å². The maximum Gasteiger partial charge on any atom is 0.331 e. The predicted octanol–water partition coefficient (Wildman–Crippen LogP) is 3.83. The van der Waals surface area contributed by atoms with Crippen molar-refractivity contribution in [1.29, 1.82) is 0 Å². The molecule has 0 spiro atoms. The summed E-state index contributed by atoms with van der Waals surface area (Å²) < 4.78 is 11.6. The minimum absolute atomic E-state index is 0.220. The SMILES string of the molecule is COC(=O)CCn1c(C)cc(C(=O)COC(=O)/C=C/c2ccc(SC)cc2)c1C. The maximum absolute atomic E-state index is 12.5. The minimum Gasteiger partial charge on any atom is -0.469 e. The van der Waals surface area contributed by atoms with Crippen LogP contribution >= 0.6 is 11.8 Å². The molecule has 29 heavy (non-hydrogen) atoms. The maximum atomic E-state index is 12.5. The lowest BCUT2D eigenvalue weighted by Gasteiger charge is -2.09. The minimum atomic E-state index is -0.577. The molecule has 0 fully saturated rings. The third-order valence-electron chi connectivity index (χ3n) is 4.51.